The summed E-state index contributed by atoms with van der Waals surface area (Å²) in [6, 6.07) is 0. The molecule has 0 atom stereocenters. The predicted octanol–water partition coefficient (Wildman–Crippen LogP) is -0.0559. The molecule has 0 fully saturated rings. The molecule has 0 radical (unpaired) electrons. The van der Waals surface area contributed by atoms with E-state index in [1.54, 1.807) is 0 Å². The second kappa shape index (κ2) is 4.61. The molecule has 1 heterocycles. The third kappa shape index (κ3) is 3.24. The van der Waals surface area contributed by atoms with Gasteiger partial charge in [-0.05, 0) is 6.42 Å². The van der Waals surface area contributed by atoms with E-state index < -0.39 is 12.2 Å². The number of aliphatic hydroxyl groups is 1. The minimum absolute atomic E-state index is 0.0109. The first-order chi connectivity index (χ1) is 6.22. The molecule has 7 heteroatoms. The smallest absolute Gasteiger partial charge is 0.315 e. The van der Waals surface area contributed by atoms with Crippen LogP contribution in [0.1, 0.15) is 6.42 Å². The lowest BCUT2D eigenvalue weighted by atomic mass is 10.4. The lowest BCUT2D eigenvalue weighted by Gasteiger charge is -2.01. The molecule has 13 heavy (non-hydrogen) atoms. The zero-order chi connectivity index (χ0) is 9.68. The number of hydrogen-bond acceptors (Lipinski definition) is 5. The fourth-order valence-electron chi connectivity index (χ4n) is 0.684. The van der Waals surface area contributed by atoms with E-state index in [1.165, 1.54) is 0 Å². The molecule has 0 saturated heterocycles. The number of aromatic nitrogens is 3. The van der Waals surface area contributed by atoms with Crippen molar-refractivity contribution >= 4 is 5.95 Å². The Kier molecular flexibility index (Phi) is 3.44. The number of halogens is 2. The van der Waals surface area contributed by atoms with Crippen molar-refractivity contribution in [2.24, 2.45) is 0 Å². The van der Waals surface area contributed by atoms with Gasteiger partial charge in [0, 0.05) is 13.2 Å². The highest BCUT2D eigenvalue weighted by molar-refractivity contribution is 5.20. The fraction of sp³-hybridized carbons (Fsp3) is 0.500. The average Bonchev–Trinajstić information content (AvgIpc) is 2.03. The summed E-state index contributed by atoms with van der Waals surface area (Å²) in [6.07, 6.45) is -1.88. The van der Waals surface area contributed by atoms with E-state index in [0.29, 0.717) is 13.0 Å². The first-order valence-electron chi connectivity index (χ1n) is 3.64. The SMILES string of the molecule is OCCCNc1nc(F)nc(F)n1. The normalized spacial score (nSPS) is 10.1. The molecule has 0 aliphatic carbocycles. The van der Waals surface area contributed by atoms with Crippen molar-refractivity contribution in [3.05, 3.63) is 12.2 Å². The Bertz CT molecular complexity index is 263. The largest absolute Gasteiger partial charge is 0.396 e. The first-order valence-corrected chi connectivity index (χ1v) is 3.64. The van der Waals surface area contributed by atoms with Crippen molar-refractivity contribution < 1.29 is 13.9 Å². The molecule has 0 aromatic carbocycles. The maximum Gasteiger partial charge on any atom is 0.315 e. The molecule has 5 nitrogen and oxygen atoms in total. The summed E-state index contributed by atoms with van der Waals surface area (Å²) in [5.74, 6) is -0.168. The third-order valence-corrected chi connectivity index (χ3v) is 1.20. The van der Waals surface area contributed by atoms with Gasteiger partial charge in [-0.1, -0.05) is 0 Å². The molecule has 0 bridgehead atoms. The topological polar surface area (TPSA) is 70.9 Å². The van der Waals surface area contributed by atoms with Crippen LogP contribution in [-0.2, 0) is 0 Å². The van der Waals surface area contributed by atoms with Gasteiger partial charge in [0.05, 0.1) is 0 Å². The highest BCUT2D eigenvalue weighted by Crippen LogP contribution is 1.98. The van der Waals surface area contributed by atoms with Crippen molar-refractivity contribution in [1.82, 2.24) is 15.0 Å². The van der Waals surface area contributed by atoms with Crippen molar-refractivity contribution in [3.63, 3.8) is 0 Å². The van der Waals surface area contributed by atoms with Crippen LogP contribution in [-0.4, -0.2) is 33.2 Å². The van der Waals surface area contributed by atoms with E-state index in [9.17, 15) is 8.78 Å². The molecular formula is C6H8F2N4O. The Hall–Kier alpha value is -1.37. The second-order valence-corrected chi connectivity index (χ2v) is 2.20. The van der Waals surface area contributed by atoms with Crippen LogP contribution in [0.5, 0.6) is 0 Å². The van der Waals surface area contributed by atoms with Gasteiger partial charge in [0.1, 0.15) is 0 Å². The van der Waals surface area contributed by atoms with E-state index in [0.717, 1.165) is 0 Å². The maximum atomic E-state index is 12.3. The summed E-state index contributed by atoms with van der Waals surface area (Å²) in [7, 11) is 0. The van der Waals surface area contributed by atoms with Gasteiger partial charge in [-0.3, -0.25) is 0 Å². The lowest BCUT2D eigenvalue weighted by molar-refractivity contribution is 0.292. The van der Waals surface area contributed by atoms with Gasteiger partial charge in [-0.15, -0.1) is 0 Å². The number of rotatable bonds is 4. The van der Waals surface area contributed by atoms with Crippen LogP contribution in [0, 0.1) is 12.2 Å². The molecule has 2 N–H and O–H groups in total. The number of hydrogen-bond donors (Lipinski definition) is 2. The monoisotopic (exact) mass is 190 g/mol. The van der Waals surface area contributed by atoms with Gasteiger partial charge in [-0.2, -0.15) is 23.7 Å². The predicted molar refractivity (Wildman–Crippen MR) is 39.9 cm³/mol. The van der Waals surface area contributed by atoms with Crippen molar-refractivity contribution in [2.45, 2.75) is 6.42 Å². The minimum Gasteiger partial charge on any atom is -0.396 e. The molecule has 0 spiro atoms. The summed E-state index contributed by atoms with van der Waals surface area (Å²) >= 11 is 0. The highest BCUT2D eigenvalue weighted by atomic mass is 19.1. The van der Waals surface area contributed by atoms with Crippen molar-refractivity contribution in [2.75, 3.05) is 18.5 Å². The van der Waals surface area contributed by atoms with Gasteiger partial charge < -0.3 is 10.4 Å². The van der Waals surface area contributed by atoms with Crippen LogP contribution < -0.4 is 5.32 Å². The molecule has 1 aromatic heterocycles. The third-order valence-electron chi connectivity index (χ3n) is 1.20. The van der Waals surface area contributed by atoms with E-state index >= 15 is 0 Å². The average molecular weight is 190 g/mol. The Morgan fingerprint density at radius 2 is 1.77 bits per heavy atom. The molecular weight excluding hydrogens is 182 g/mol. The van der Waals surface area contributed by atoms with Gasteiger partial charge >= 0.3 is 12.2 Å². The fourth-order valence-corrected chi connectivity index (χ4v) is 0.684. The molecule has 0 unspecified atom stereocenters. The molecule has 0 amide bonds. The van der Waals surface area contributed by atoms with E-state index in [2.05, 4.69) is 20.3 Å². The molecule has 0 aliphatic rings. The van der Waals surface area contributed by atoms with Gasteiger partial charge in [0.2, 0.25) is 5.95 Å². The molecule has 0 aliphatic heterocycles. The van der Waals surface area contributed by atoms with E-state index in [-0.39, 0.29) is 12.6 Å². The quantitative estimate of drug-likeness (QED) is 0.651. The number of nitrogens with one attached hydrogen (secondary N) is 1. The Morgan fingerprint density at radius 1 is 1.15 bits per heavy atom. The molecule has 72 valence electrons. The van der Waals surface area contributed by atoms with Crippen molar-refractivity contribution in [1.29, 1.82) is 0 Å². The molecule has 0 saturated carbocycles. The lowest BCUT2D eigenvalue weighted by Crippen LogP contribution is -2.10. The summed E-state index contributed by atoms with van der Waals surface area (Å²) in [5.41, 5.74) is 0. The number of aliphatic hydroxyl groups excluding tert-OH is 1. The first kappa shape index (κ1) is 9.72. The number of nitrogens with zero attached hydrogens (tertiary/aromatic N) is 3. The minimum atomic E-state index is -1.17. The number of anilines is 1. The van der Waals surface area contributed by atoms with Crippen LogP contribution in [0.15, 0.2) is 0 Å². The van der Waals surface area contributed by atoms with Crippen LogP contribution >= 0.6 is 0 Å². The van der Waals surface area contributed by atoms with E-state index in [1.807, 2.05) is 0 Å². The standard InChI is InChI=1S/C6H8F2N4O/c7-4-10-5(8)12-6(11-4)9-2-1-3-13/h13H,1-3H2,(H,9,10,11,12). The molecule has 1 rings (SSSR count). The van der Waals surface area contributed by atoms with Gasteiger partial charge in [0.25, 0.3) is 0 Å². The highest BCUT2D eigenvalue weighted by Gasteiger charge is 2.03. The zero-order valence-corrected chi connectivity index (χ0v) is 6.67. The summed E-state index contributed by atoms with van der Waals surface area (Å²) in [6.45, 7) is 0.336. The summed E-state index contributed by atoms with van der Waals surface area (Å²) in [4.78, 5) is 9.09. The Labute approximate surface area is 72.9 Å². The van der Waals surface area contributed by atoms with Crippen LogP contribution in [0.4, 0.5) is 14.7 Å². The van der Waals surface area contributed by atoms with Gasteiger partial charge in [-0.25, -0.2) is 0 Å². The van der Waals surface area contributed by atoms with Crippen LogP contribution in [0.2, 0.25) is 0 Å². The summed E-state index contributed by atoms with van der Waals surface area (Å²) in [5, 5.41) is 10.9. The maximum absolute atomic E-state index is 12.3. The molecule has 1 aromatic rings. The zero-order valence-electron chi connectivity index (χ0n) is 6.67. The van der Waals surface area contributed by atoms with Crippen molar-refractivity contribution in [3.8, 4) is 0 Å². The van der Waals surface area contributed by atoms with E-state index in [4.69, 9.17) is 5.11 Å². The van der Waals surface area contributed by atoms with Gasteiger partial charge in [0.15, 0.2) is 0 Å². The van der Waals surface area contributed by atoms with Crippen LogP contribution in [0.25, 0.3) is 0 Å². The summed E-state index contributed by atoms with van der Waals surface area (Å²) < 4.78 is 24.7. The Morgan fingerprint density at radius 3 is 2.31 bits per heavy atom. The second-order valence-electron chi connectivity index (χ2n) is 2.20. The Balaban J connectivity index is 2.56. The van der Waals surface area contributed by atoms with Crippen LogP contribution in [0.3, 0.4) is 0 Å².